The molecule has 1 fully saturated rings. The van der Waals surface area contributed by atoms with E-state index in [1.165, 1.54) is 12.1 Å². The van der Waals surface area contributed by atoms with E-state index in [0.717, 1.165) is 43.5 Å². The number of hydrogen-bond acceptors (Lipinski definition) is 4. The highest BCUT2D eigenvalue weighted by molar-refractivity contribution is 7.89. The van der Waals surface area contributed by atoms with Gasteiger partial charge in [0.15, 0.2) is 0 Å². The summed E-state index contributed by atoms with van der Waals surface area (Å²) in [7, 11) is -3.54. The van der Waals surface area contributed by atoms with Gasteiger partial charge in [-0.1, -0.05) is 6.07 Å². The van der Waals surface area contributed by atoms with Gasteiger partial charge in [0, 0.05) is 29.5 Å². The van der Waals surface area contributed by atoms with Crippen LogP contribution in [0.3, 0.4) is 0 Å². The lowest BCUT2D eigenvalue weighted by Gasteiger charge is -2.18. The van der Waals surface area contributed by atoms with Crippen LogP contribution in [0.4, 0.5) is 11.4 Å². The quantitative estimate of drug-likeness (QED) is 0.754. The van der Waals surface area contributed by atoms with Gasteiger partial charge in [-0.15, -0.1) is 0 Å². The number of rotatable bonds is 5. The van der Waals surface area contributed by atoms with E-state index in [9.17, 15) is 13.2 Å². The molecule has 0 bridgehead atoms. The minimum absolute atomic E-state index is 0.0438. The number of sulfonamides is 1. The van der Waals surface area contributed by atoms with Gasteiger partial charge in [-0.3, -0.25) is 4.79 Å². The third kappa shape index (κ3) is 3.73. The van der Waals surface area contributed by atoms with Gasteiger partial charge in [0.2, 0.25) is 10.0 Å². The molecule has 0 spiro atoms. The highest BCUT2D eigenvalue weighted by Crippen LogP contribution is 2.25. The lowest BCUT2D eigenvalue weighted by Crippen LogP contribution is -2.25. The van der Waals surface area contributed by atoms with E-state index >= 15 is 0 Å². The van der Waals surface area contributed by atoms with E-state index in [-0.39, 0.29) is 16.8 Å². The molecule has 7 heteroatoms. The van der Waals surface area contributed by atoms with Crippen LogP contribution in [0.1, 0.15) is 35.2 Å². The van der Waals surface area contributed by atoms with Gasteiger partial charge in [-0.25, -0.2) is 13.1 Å². The Hall–Kier alpha value is -2.38. The van der Waals surface area contributed by atoms with Crippen LogP contribution in [0, 0.1) is 0 Å². The summed E-state index contributed by atoms with van der Waals surface area (Å²) < 4.78 is 27.3. The van der Waals surface area contributed by atoms with Crippen LogP contribution in [-0.2, 0) is 16.4 Å². The Morgan fingerprint density at radius 1 is 1.12 bits per heavy atom. The summed E-state index contributed by atoms with van der Waals surface area (Å²) in [6.45, 7) is 0.953. The van der Waals surface area contributed by atoms with Crippen LogP contribution in [0.15, 0.2) is 47.4 Å². The van der Waals surface area contributed by atoms with Crippen LogP contribution >= 0.6 is 0 Å². The average Bonchev–Trinajstić information content (AvgIpc) is 3.45. The summed E-state index contributed by atoms with van der Waals surface area (Å²) in [4.78, 5) is 12.7. The van der Waals surface area contributed by atoms with Crippen LogP contribution in [0.2, 0.25) is 0 Å². The predicted octanol–water partition coefficient (Wildman–Crippen LogP) is 2.74. The molecule has 3 N–H and O–H groups in total. The Morgan fingerprint density at radius 2 is 1.96 bits per heavy atom. The SMILES string of the molecule is O=C(Nc1cccc(S(=O)(=O)NC2CC2)c1)c1ccc2c(c1)CCCN2. The van der Waals surface area contributed by atoms with Crippen molar-refractivity contribution in [1.29, 1.82) is 0 Å². The van der Waals surface area contributed by atoms with Crippen molar-refractivity contribution in [2.45, 2.75) is 36.6 Å². The van der Waals surface area contributed by atoms with Crippen molar-refractivity contribution in [2.75, 3.05) is 17.2 Å². The first-order valence-electron chi connectivity index (χ1n) is 8.82. The standard InChI is InChI=1S/C19H21N3O3S/c23-19(14-6-9-18-13(11-14)3-2-10-20-18)21-16-4-1-5-17(12-16)26(24,25)22-15-7-8-15/h1,4-6,9,11-12,15,20,22H,2-3,7-8,10H2,(H,21,23). The Bertz CT molecular complexity index is 952. The first-order valence-corrected chi connectivity index (χ1v) is 10.3. The molecule has 1 aliphatic carbocycles. The lowest BCUT2D eigenvalue weighted by atomic mass is 10.0. The fourth-order valence-corrected chi connectivity index (χ4v) is 4.40. The molecular weight excluding hydrogens is 350 g/mol. The van der Waals surface area contributed by atoms with Crippen molar-refractivity contribution in [3.05, 3.63) is 53.6 Å². The zero-order valence-corrected chi connectivity index (χ0v) is 15.1. The van der Waals surface area contributed by atoms with Crippen molar-refractivity contribution in [2.24, 2.45) is 0 Å². The average molecular weight is 371 g/mol. The first kappa shape index (κ1) is 17.1. The number of aryl methyl sites for hydroxylation is 1. The number of benzene rings is 2. The fourth-order valence-electron chi connectivity index (χ4n) is 3.05. The van der Waals surface area contributed by atoms with Gasteiger partial charge in [-0.2, -0.15) is 0 Å². The van der Waals surface area contributed by atoms with Gasteiger partial charge in [0.1, 0.15) is 0 Å². The van der Waals surface area contributed by atoms with E-state index in [4.69, 9.17) is 0 Å². The second-order valence-corrected chi connectivity index (χ2v) is 8.49. The lowest BCUT2D eigenvalue weighted by molar-refractivity contribution is 0.102. The topological polar surface area (TPSA) is 87.3 Å². The molecule has 0 radical (unpaired) electrons. The Balaban J connectivity index is 1.52. The van der Waals surface area contributed by atoms with E-state index < -0.39 is 10.0 Å². The zero-order valence-electron chi connectivity index (χ0n) is 14.3. The number of carbonyl (C=O) groups excluding carboxylic acids is 1. The summed E-state index contributed by atoms with van der Waals surface area (Å²) in [5, 5.41) is 6.11. The highest BCUT2D eigenvalue weighted by Gasteiger charge is 2.28. The van der Waals surface area contributed by atoms with Crippen molar-refractivity contribution < 1.29 is 13.2 Å². The van der Waals surface area contributed by atoms with Crippen molar-refractivity contribution in [1.82, 2.24) is 4.72 Å². The van der Waals surface area contributed by atoms with Crippen LogP contribution < -0.4 is 15.4 Å². The maximum absolute atomic E-state index is 12.6. The number of fused-ring (bicyclic) bond motifs is 1. The molecule has 0 unspecified atom stereocenters. The summed E-state index contributed by atoms with van der Waals surface area (Å²) in [6.07, 6.45) is 3.75. The molecule has 1 heterocycles. The van der Waals surface area contributed by atoms with Gasteiger partial charge >= 0.3 is 0 Å². The predicted molar refractivity (Wildman–Crippen MR) is 101 cm³/mol. The molecule has 26 heavy (non-hydrogen) atoms. The van der Waals surface area contributed by atoms with Crippen LogP contribution in [0.5, 0.6) is 0 Å². The van der Waals surface area contributed by atoms with E-state index in [0.29, 0.717) is 11.3 Å². The van der Waals surface area contributed by atoms with Crippen LogP contribution in [-0.4, -0.2) is 26.9 Å². The number of carbonyl (C=O) groups is 1. The summed E-state index contributed by atoms with van der Waals surface area (Å²) in [5.74, 6) is -0.247. The Labute approximate surface area is 153 Å². The highest BCUT2D eigenvalue weighted by atomic mass is 32.2. The number of anilines is 2. The minimum Gasteiger partial charge on any atom is -0.385 e. The summed E-state index contributed by atoms with van der Waals surface area (Å²) in [6, 6.07) is 12.0. The molecule has 0 atom stereocenters. The van der Waals surface area contributed by atoms with Crippen LogP contribution in [0.25, 0.3) is 0 Å². The fraction of sp³-hybridized carbons (Fsp3) is 0.316. The number of nitrogens with one attached hydrogen (secondary N) is 3. The van der Waals surface area contributed by atoms with Gasteiger partial charge in [0.25, 0.3) is 5.91 Å². The molecule has 0 aromatic heterocycles. The van der Waals surface area contributed by atoms with E-state index in [1.54, 1.807) is 18.2 Å². The Morgan fingerprint density at radius 3 is 2.77 bits per heavy atom. The maximum atomic E-state index is 12.6. The molecular formula is C19H21N3O3S. The van der Waals surface area contributed by atoms with E-state index in [1.807, 2.05) is 12.1 Å². The molecule has 6 nitrogen and oxygen atoms in total. The van der Waals surface area contributed by atoms with Gasteiger partial charge in [-0.05, 0) is 67.6 Å². The summed E-state index contributed by atoms with van der Waals surface area (Å²) in [5.41, 5.74) is 3.24. The van der Waals surface area contributed by atoms with Gasteiger partial charge < -0.3 is 10.6 Å². The maximum Gasteiger partial charge on any atom is 0.255 e. The van der Waals surface area contributed by atoms with E-state index in [2.05, 4.69) is 15.4 Å². The molecule has 1 aliphatic heterocycles. The summed E-state index contributed by atoms with van der Waals surface area (Å²) >= 11 is 0. The third-order valence-corrected chi connectivity index (χ3v) is 6.13. The molecule has 2 aliphatic rings. The monoisotopic (exact) mass is 371 g/mol. The third-order valence-electron chi connectivity index (χ3n) is 4.61. The molecule has 2 aromatic carbocycles. The van der Waals surface area contributed by atoms with Crippen molar-refractivity contribution >= 4 is 27.3 Å². The normalized spacial score (nSPS) is 16.5. The second kappa shape index (κ2) is 6.74. The molecule has 1 saturated carbocycles. The smallest absolute Gasteiger partial charge is 0.255 e. The van der Waals surface area contributed by atoms with Gasteiger partial charge in [0.05, 0.1) is 4.90 Å². The number of amides is 1. The molecule has 4 rings (SSSR count). The van der Waals surface area contributed by atoms with Crippen molar-refractivity contribution in [3.8, 4) is 0 Å². The van der Waals surface area contributed by atoms with Crippen molar-refractivity contribution in [3.63, 3.8) is 0 Å². The molecule has 1 amide bonds. The number of hydrogen-bond donors (Lipinski definition) is 3. The molecule has 136 valence electrons. The molecule has 0 saturated heterocycles. The largest absolute Gasteiger partial charge is 0.385 e. The minimum atomic E-state index is -3.54. The zero-order chi connectivity index (χ0) is 18.1. The Kier molecular flexibility index (Phi) is 4.42. The molecule has 2 aromatic rings. The first-order chi connectivity index (χ1) is 12.5. The second-order valence-electron chi connectivity index (χ2n) is 6.78.